The molecule has 0 spiro atoms. The van der Waals surface area contributed by atoms with Crippen molar-refractivity contribution in [3.8, 4) is 0 Å². The number of piperidine rings is 1. The maximum Gasteiger partial charge on any atom is 0.147 e. The van der Waals surface area contributed by atoms with Crippen LogP contribution in [0, 0.1) is 11.2 Å². The van der Waals surface area contributed by atoms with Crippen LogP contribution in [-0.2, 0) is 13.1 Å². The molecule has 0 saturated carbocycles. The molecule has 0 unspecified atom stereocenters. The van der Waals surface area contributed by atoms with Crippen LogP contribution in [0.4, 0.5) is 8.78 Å². The minimum absolute atomic E-state index is 0.161. The van der Waals surface area contributed by atoms with E-state index in [1.807, 2.05) is 18.2 Å². The Labute approximate surface area is 239 Å². The van der Waals surface area contributed by atoms with Crippen molar-refractivity contribution in [1.82, 2.24) is 14.5 Å². The van der Waals surface area contributed by atoms with E-state index in [1.54, 1.807) is 12.1 Å². The van der Waals surface area contributed by atoms with Gasteiger partial charge in [-0.1, -0.05) is 53.8 Å². The monoisotopic (exact) mass is 548 g/mol. The number of likely N-dealkylation sites (tertiary alicyclic amines) is 1. The van der Waals surface area contributed by atoms with Gasteiger partial charge in [0.05, 0.1) is 23.3 Å². The standard InChI is InChI=1S/C35H34F2N4/c1-23(2)16-28-17-24(10-11-31(28)34(38)27-6-5-7-29(36)20-27)21-40-14-12-26(13-15-40)35-39-32-8-3-4-9-33(32)41(35)22-25-18-30(37)19-25/h3-11,16-17,20,26,38H,12-15,18,21-22H2,1-2H3. The number of hydrogen-bond acceptors (Lipinski definition) is 3. The third-order valence-corrected chi connectivity index (χ3v) is 8.02. The number of aromatic nitrogens is 2. The minimum Gasteiger partial charge on any atom is -0.323 e. The fourth-order valence-electron chi connectivity index (χ4n) is 5.99. The molecule has 0 radical (unpaired) electrons. The van der Waals surface area contributed by atoms with Crippen molar-refractivity contribution in [2.75, 3.05) is 13.1 Å². The molecule has 2 heterocycles. The van der Waals surface area contributed by atoms with Crippen LogP contribution in [0.2, 0.25) is 0 Å². The summed E-state index contributed by atoms with van der Waals surface area (Å²) in [7, 11) is 0. The quantitative estimate of drug-likeness (QED) is 0.178. The number of fused-ring (bicyclic) bond motifs is 1. The number of hydrogen-bond donors (Lipinski definition) is 1. The first-order valence-electron chi connectivity index (χ1n) is 14.3. The van der Waals surface area contributed by atoms with Crippen molar-refractivity contribution in [3.63, 3.8) is 0 Å². The Hall–Kier alpha value is -4.12. The number of nitrogens with zero attached hydrogens (tertiary/aromatic N) is 3. The highest BCUT2D eigenvalue weighted by molar-refractivity contribution is 6.12. The normalized spacial score (nSPS) is 15.8. The minimum atomic E-state index is -0.336. The molecule has 1 N–H and O–H groups in total. The number of halogens is 2. The number of allylic oxidation sites excluding steroid dienone is 2. The van der Waals surface area contributed by atoms with Gasteiger partial charge in [0, 0.05) is 35.6 Å². The molecule has 6 rings (SSSR count). The van der Waals surface area contributed by atoms with Crippen LogP contribution < -0.4 is 0 Å². The summed E-state index contributed by atoms with van der Waals surface area (Å²) in [4.78, 5) is 7.51. The van der Waals surface area contributed by atoms with E-state index in [-0.39, 0.29) is 11.6 Å². The zero-order valence-corrected chi connectivity index (χ0v) is 23.6. The van der Waals surface area contributed by atoms with E-state index < -0.39 is 0 Å². The second-order valence-corrected chi connectivity index (χ2v) is 11.4. The molecular weight excluding hydrogens is 514 g/mol. The van der Waals surface area contributed by atoms with E-state index in [2.05, 4.69) is 59.4 Å². The van der Waals surface area contributed by atoms with Gasteiger partial charge in [-0.15, -0.1) is 0 Å². The van der Waals surface area contributed by atoms with Crippen LogP contribution in [0.25, 0.3) is 17.1 Å². The molecule has 41 heavy (non-hydrogen) atoms. The Balaban J connectivity index is 1.18. The summed E-state index contributed by atoms with van der Waals surface area (Å²) >= 11 is 0. The van der Waals surface area contributed by atoms with Gasteiger partial charge < -0.3 is 4.57 Å². The molecule has 4 nitrogen and oxygen atoms in total. The van der Waals surface area contributed by atoms with Gasteiger partial charge >= 0.3 is 0 Å². The molecule has 2 aliphatic rings. The van der Waals surface area contributed by atoms with Gasteiger partial charge in [0.1, 0.15) is 17.5 Å². The summed E-state index contributed by atoms with van der Waals surface area (Å²) in [5, 5.41) is 8.77. The van der Waals surface area contributed by atoms with Crippen molar-refractivity contribution < 1.29 is 8.78 Å². The molecule has 1 aliphatic carbocycles. The van der Waals surface area contributed by atoms with Gasteiger partial charge in [-0.2, -0.15) is 0 Å². The Bertz CT molecular complexity index is 1730. The zero-order chi connectivity index (χ0) is 28.5. The molecule has 1 saturated heterocycles. The summed E-state index contributed by atoms with van der Waals surface area (Å²) in [5.74, 6) is 0.949. The first-order valence-corrected chi connectivity index (χ1v) is 14.3. The molecule has 6 heteroatoms. The molecular formula is C35H34F2N4. The van der Waals surface area contributed by atoms with E-state index in [1.165, 1.54) is 17.7 Å². The van der Waals surface area contributed by atoms with Gasteiger partial charge in [-0.05, 0) is 81.2 Å². The zero-order valence-electron chi connectivity index (χ0n) is 23.6. The molecule has 0 bridgehead atoms. The number of rotatable bonds is 8. The van der Waals surface area contributed by atoms with Crippen molar-refractivity contribution >= 4 is 22.8 Å². The lowest BCUT2D eigenvalue weighted by molar-refractivity contribution is 0.200. The van der Waals surface area contributed by atoms with Gasteiger partial charge in [0.2, 0.25) is 0 Å². The third-order valence-electron chi connectivity index (χ3n) is 8.02. The van der Waals surface area contributed by atoms with Gasteiger partial charge in [-0.25, -0.2) is 13.8 Å². The first kappa shape index (κ1) is 27.1. The summed E-state index contributed by atoms with van der Waals surface area (Å²) in [6.07, 6.45) is 4.51. The van der Waals surface area contributed by atoms with Crippen LogP contribution in [0.5, 0.6) is 0 Å². The van der Waals surface area contributed by atoms with Gasteiger partial charge in [-0.3, -0.25) is 10.3 Å². The van der Waals surface area contributed by atoms with Gasteiger partial charge in [0.25, 0.3) is 0 Å². The van der Waals surface area contributed by atoms with E-state index in [9.17, 15) is 8.78 Å². The number of nitrogens with one attached hydrogen (secondary N) is 1. The average molecular weight is 549 g/mol. The van der Waals surface area contributed by atoms with Crippen LogP contribution in [0.3, 0.4) is 0 Å². The lowest BCUT2D eigenvalue weighted by Crippen LogP contribution is -2.33. The van der Waals surface area contributed by atoms with E-state index in [0.29, 0.717) is 30.2 Å². The summed E-state index contributed by atoms with van der Waals surface area (Å²) in [5.41, 5.74) is 10.9. The second kappa shape index (κ2) is 11.4. The Kier molecular flexibility index (Phi) is 7.53. The van der Waals surface area contributed by atoms with Crippen LogP contribution >= 0.6 is 0 Å². The summed E-state index contributed by atoms with van der Waals surface area (Å²) < 4.78 is 29.5. The highest BCUT2D eigenvalue weighted by atomic mass is 19.1. The fraction of sp³-hybridized carbons (Fsp3) is 0.286. The predicted molar refractivity (Wildman–Crippen MR) is 161 cm³/mol. The van der Waals surface area contributed by atoms with Crippen molar-refractivity contribution in [3.05, 3.63) is 123 Å². The highest BCUT2D eigenvalue weighted by Crippen LogP contribution is 2.33. The van der Waals surface area contributed by atoms with E-state index in [0.717, 1.165) is 71.6 Å². The molecule has 0 amide bonds. The van der Waals surface area contributed by atoms with Crippen LogP contribution in [-0.4, -0.2) is 33.3 Å². The third kappa shape index (κ3) is 5.85. The molecule has 208 valence electrons. The average Bonchev–Trinajstić information content (AvgIpc) is 3.30. The van der Waals surface area contributed by atoms with Crippen molar-refractivity contribution in [2.24, 2.45) is 0 Å². The Morgan fingerprint density at radius 2 is 1.78 bits per heavy atom. The topological polar surface area (TPSA) is 44.9 Å². The Morgan fingerprint density at radius 1 is 1.00 bits per heavy atom. The molecule has 4 aromatic rings. The maximum absolute atomic E-state index is 13.8. The highest BCUT2D eigenvalue weighted by Gasteiger charge is 2.27. The first-order chi connectivity index (χ1) is 19.8. The summed E-state index contributed by atoms with van der Waals surface area (Å²) in [6, 6.07) is 20.7. The van der Waals surface area contributed by atoms with Crippen molar-refractivity contribution in [1.29, 1.82) is 5.41 Å². The molecule has 1 aromatic heterocycles. The molecule has 3 aromatic carbocycles. The lowest BCUT2D eigenvalue weighted by atomic mass is 9.93. The number of para-hydroxylation sites is 2. The number of benzene rings is 3. The Morgan fingerprint density at radius 3 is 2.51 bits per heavy atom. The van der Waals surface area contributed by atoms with Gasteiger partial charge in [0.15, 0.2) is 0 Å². The van der Waals surface area contributed by atoms with E-state index in [4.69, 9.17) is 10.4 Å². The molecule has 0 atom stereocenters. The van der Waals surface area contributed by atoms with Crippen LogP contribution in [0.15, 0.2) is 89.4 Å². The SMILES string of the molecule is CC(C)=Cc1cc(CN2CCC(c3nc4ccccc4n3CC3=C=C(F)C3)CC2)ccc1C(=N)c1cccc(F)c1. The number of imidazole rings is 1. The van der Waals surface area contributed by atoms with Crippen molar-refractivity contribution in [2.45, 2.75) is 52.1 Å². The maximum atomic E-state index is 13.8. The fourth-order valence-corrected chi connectivity index (χ4v) is 5.99. The smallest absolute Gasteiger partial charge is 0.147 e. The molecule has 1 fully saturated rings. The lowest BCUT2D eigenvalue weighted by Gasteiger charge is -2.32. The van der Waals surface area contributed by atoms with E-state index >= 15 is 0 Å². The predicted octanol–water partition coefficient (Wildman–Crippen LogP) is 8.18. The van der Waals surface area contributed by atoms with Crippen LogP contribution in [0.1, 0.15) is 67.1 Å². The second-order valence-electron chi connectivity index (χ2n) is 11.4. The largest absolute Gasteiger partial charge is 0.323 e. The summed E-state index contributed by atoms with van der Waals surface area (Å²) in [6.45, 7) is 7.50. The molecule has 1 aliphatic heterocycles.